The summed E-state index contributed by atoms with van der Waals surface area (Å²) in [7, 11) is 0. The van der Waals surface area contributed by atoms with E-state index in [9.17, 15) is 4.79 Å². The maximum Gasteiger partial charge on any atom is 0.145 e. The minimum absolute atomic E-state index is 0.741. The van der Waals surface area contributed by atoms with Gasteiger partial charge in [-0.1, -0.05) is 54.6 Å². The van der Waals surface area contributed by atoms with E-state index in [4.69, 9.17) is 0 Å². The quantitative estimate of drug-likeness (QED) is 0.581. The maximum absolute atomic E-state index is 10.5. The Kier molecular flexibility index (Phi) is 4.08. The summed E-state index contributed by atoms with van der Waals surface area (Å²) in [6, 6.07) is 18.7. The molecule has 0 fully saturated rings. The van der Waals surface area contributed by atoms with Gasteiger partial charge >= 0.3 is 0 Å². The lowest BCUT2D eigenvalue weighted by molar-refractivity contribution is -0.104. The topological polar surface area (TPSA) is 17.1 Å². The van der Waals surface area contributed by atoms with Crippen LogP contribution in [0.25, 0.3) is 6.08 Å². The molecule has 0 unspecified atom stereocenters. The maximum atomic E-state index is 10.5. The average Bonchev–Trinajstić information content (AvgIpc) is 2.42. The van der Waals surface area contributed by atoms with Crippen LogP contribution in [0.4, 0.5) is 0 Å². The molecule has 0 atom stereocenters. The number of rotatable bonds is 4. The van der Waals surface area contributed by atoms with Gasteiger partial charge in [-0.05, 0) is 41.7 Å². The summed E-state index contributed by atoms with van der Waals surface area (Å²) < 4.78 is 0. The Morgan fingerprint density at radius 1 is 0.944 bits per heavy atom. The number of carbonyl (C=O) groups is 1. The van der Waals surface area contributed by atoms with E-state index in [0.29, 0.717) is 0 Å². The lowest BCUT2D eigenvalue weighted by atomic mass is 10.0. The highest BCUT2D eigenvalue weighted by Crippen LogP contribution is 2.12. The largest absolute Gasteiger partial charge is 0.298 e. The molecule has 0 spiro atoms. The van der Waals surface area contributed by atoms with Crippen molar-refractivity contribution in [2.45, 2.75) is 13.3 Å². The number of aldehydes is 1. The van der Waals surface area contributed by atoms with E-state index in [1.807, 2.05) is 31.2 Å². The van der Waals surface area contributed by atoms with Gasteiger partial charge < -0.3 is 0 Å². The Hall–Kier alpha value is -2.15. The lowest BCUT2D eigenvalue weighted by Gasteiger charge is -2.02. The zero-order valence-electron chi connectivity index (χ0n) is 10.5. The minimum Gasteiger partial charge on any atom is -0.298 e. The SMILES string of the molecule is CC(C=O)=Cc1ccc(Cc2ccccc2)cc1. The Morgan fingerprint density at radius 3 is 2.17 bits per heavy atom. The molecule has 0 amide bonds. The first kappa shape index (κ1) is 12.3. The van der Waals surface area contributed by atoms with Crippen LogP contribution in [-0.2, 0) is 11.2 Å². The molecule has 1 heteroatoms. The van der Waals surface area contributed by atoms with Gasteiger partial charge in [-0.3, -0.25) is 4.79 Å². The summed E-state index contributed by atoms with van der Waals surface area (Å²) >= 11 is 0. The molecular formula is C17H16O. The van der Waals surface area contributed by atoms with E-state index in [1.165, 1.54) is 11.1 Å². The number of hydrogen-bond donors (Lipinski definition) is 0. The van der Waals surface area contributed by atoms with E-state index in [-0.39, 0.29) is 0 Å². The molecule has 0 aromatic heterocycles. The first-order chi connectivity index (χ1) is 8.78. The molecule has 0 radical (unpaired) electrons. The monoisotopic (exact) mass is 236 g/mol. The van der Waals surface area contributed by atoms with Crippen LogP contribution in [0, 0.1) is 0 Å². The molecule has 0 N–H and O–H groups in total. The van der Waals surface area contributed by atoms with Crippen LogP contribution in [0.2, 0.25) is 0 Å². The first-order valence-electron chi connectivity index (χ1n) is 6.04. The summed E-state index contributed by atoms with van der Waals surface area (Å²) in [5.74, 6) is 0. The fraction of sp³-hybridized carbons (Fsp3) is 0.118. The van der Waals surface area contributed by atoms with Crippen molar-refractivity contribution in [1.29, 1.82) is 0 Å². The van der Waals surface area contributed by atoms with Gasteiger partial charge in [0, 0.05) is 0 Å². The van der Waals surface area contributed by atoms with E-state index in [2.05, 4.69) is 36.4 Å². The van der Waals surface area contributed by atoms with Crippen LogP contribution in [0.3, 0.4) is 0 Å². The minimum atomic E-state index is 0.741. The van der Waals surface area contributed by atoms with E-state index < -0.39 is 0 Å². The standard InChI is InChI=1S/C17H16O/c1-14(13-18)11-16-7-9-17(10-8-16)12-15-5-3-2-4-6-15/h2-11,13H,12H2,1H3. The molecule has 0 heterocycles. The molecule has 0 aliphatic heterocycles. The predicted octanol–water partition coefficient (Wildman–Crippen LogP) is 3.88. The van der Waals surface area contributed by atoms with Gasteiger partial charge in [-0.15, -0.1) is 0 Å². The molecule has 18 heavy (non-hydrogen) atoms. The Balaban J connectivity index is 2.11. The Bertz CT molecular complexity index is 536. The second-order valence-corrected chi connectivity index (χ2v) is 4.41. The summed E-state index contributed by atoms with van der Waals surface area (Å²) in [5.41, 5.74) is 4.40. The van der Waals surface area contributed by atoms with Crippen LogP contribution >= 0.6 is 0 Å². The van der Waals surface area contributed by atoms with Gasteiger partial charge in [-0.25, -0.2) is 0 Å². The molecule has 2 aromatic rings. The van der Waals surface area contributed by atoms with Gasteiger partial charge in [0.05, 0.1) is 0 Å². The van der Waals surface area contributed by atoms with Crippen LogP contribution < -0.4 is 0 Å². The van der Waals surface area contributed by atoms with Gasteiger partial charge in [0.15, 0.2) is 0 Å². The van der Waals surface area contributed by atoms with Crippen LogP contribution in [-0.4, -0.2) is 6.29 Å². The smallest absolute Gasteiger partial charge is 0.145 e. The summed E-state index contributed by atoms with van der Waals surface area (Å²) in [5, 5.41) is 0. The Labute approximate surface area is 108 Å². The summed E-state index contributed by atoms with van der Waals surface area (Å²) in [4.78, 5) is 10.5. The third-order valence-electron chi connectivity index (χ3n) is 2.81. The first-order valence-corrected chi connectivity index (χ1v) is 6.04. The molecule has 0 bridgehead atoms. The van der Waals surface area contributed by atoms with E-state index >= 15 is 0 Å². The molecule has 1 nitrogen and oxygen atoms in total. The number of allylic oxidation sites excluding steroid dienone is 1. The van der Waals surface area contributed by atoms with Crippen molar-refractivity contribution in [3.8, 4) is 0 Å². The van der Waals surface area contributed by atoms with Crippen molar-refractivity contribution in [3.63, 3.8) is 0 Å². The highest BCUT2D eigenvalue weighted by atomic mass is 16.1. The van der Waals surface area contributed by atoms with Gasteiger partial charge in [-0.2, -0.15) is 0 Å². The second-order valence-electron chi connectivity index (χ2n) is 4.41. The Morgan fingerprint density at radius 2 is 1.56 bits per heavy atom. The second kappa shape index (κ2) is 5.97. The summed E-state index contributed by atoms with van der Waals surface area (Å²) in [6.07, 6.45) is 3.70. The van der Waals surface area contributed by atoms with Crippen LogP contribution in [0.1, 0.15) is 23.6 Å². The molecule has 0 saturated carbocycles. The van der Waals surface area contributed by atoms with E-state index in [1.54, 1.807) is 0 Å². The number of hydrogen-bond acceptors (Lipinski definition) is 1. The lowest BCUT2D eigenvalue weighted by Crippen LogP contribution is -1.87. The fourth-order valence-corrected chi connectivity index (χ4v) is 1.86. The van der Waals surface area contributed by atoms with Crippen molar-refractivity contribution < 1.29 is 4.79 Å². The summed E-state index contributed by atoms with van der Waals surface area (Å²) in [6.45, 7) is 1.81. The molecule has 2 rings (SSSR count). The van der Waals surface area contributed by atoms with Crippen molar-refractivity contribution in [1.82, 2.24) is 0 Å². The zero-order valence-corrected chi connectivity index (χ0v) is 10.5. The average molecular weight is 236 g/mol. The molecule has 0 aliphatic rings. The van der Waals surface area contributed by atoms with Crippen molar-refractivity contribution in [2.24, 2.45) is 0 Å². The predicted molar refractivity (Wildman–Crippen MR) is 75.4 cm³/mol. The molecular weight excluding hydrogens is 220 g/mol. The highest BCUT2D eigenvalue weighted by Gasteiger charge is 1.96. The van der Waals surface area contributed by atoms with Crippen molar-refractivity contribution >= 4 is 12.4 Å². The highest BCUT2D eigenvalue weighted by molar-refractivity contribution is 5.80. The normalized spacial score (nSPS) is 11.3. The third-order valence-corrected chi connectivity index (χ3v) is 2.81. The van der Waals surface area contributed by atoms with Gasteiger partial charge in [0.25, 0.3) is 0 Å². The van der Waals surface area contributed by atoms with Crippen molar-refractivity contribution in [3.05, 3.63) is 76.9 Å². The third kappa shape index (κ3) is 3.42. The van der Waals surface area contributed by atoms with Crippen molar-refractivity contribution in [2.75, 3.05) is 0 Å². The van der Waals surface area contributed by atoms with E-state index in [0.717, 1.165) is 23.8 Å². The number of carbonyl (C=O) groups excluding carboxylic acids is 1. The number of benzene rings is 2. The van der Waals surface area contributed by atoms with Crippen LogP contribution in [0.15, 0.2) is 60.2 Å². The molecule has 0 aliphatic carbocycles. The molecule has 0 saturated heterocycles. The zero-order chi connectivity index (χ0) is 12.8. The molecule has 2 aromatic carbocycles. The molecule has 90 valence electrons. The van der Waals surface area contributed by atoms with Crippen LogP contribution in [0.5, 0.6) is 0 Å². The van der Waals surface area contributed by atoms with Gasteiger partial charge in [0.2, 0.25) is 0 Å². The fourth-order valence-electron chi connectivity index (χ4n) is 1.86. The van der Waals surface area contributed by atoms with Gasteiger partial charge in [0.1, 0.15) is 6.29 Å².